The predicted octanol–water partition coefficient (Wildman–Crippen LogP) is 1.78. The monoisotopic (exact) mass is 353 g/mol. The van der Waals surface area contributed by atoms with Gasteiger partial charge in [-0.15, -0.1) is 21.5 Å². The summed E-state index contributed by atoms with van der Waals surface area (Å²) in [5, 5.41) is 12.7. The fraction of sp³-hybridized carbons (Fsp3) is 0.429. The number of urea groups is 1. The molecule has 23 heavy (non-hydrogen) atoms. The molecule has 0 aliphatic heterocycles. The minimum absolute atomic E-state index is 0.0109. The van der Waals surface area contributed by atoms with E-state index in [0.29, 0.717) is 11.6 Å². The van der Waals surface area contributed by atoms with Crippen LogP contribution < -0.4 is 11.1 Å². The number of hydrogen-bond acceptors (Lipinski definition) is 6. The predicted molar refractivity (Wildman–Crippen MR) is 90.3 cm³/mol. The Balaban J connectivity index is 2.13. The second-order valence-corrected chi connectivity index (χ2v) is 7.49. The standard InChI is InChI=1S/C14H19N5O2S2/c1-8(2)11(12(20)16-13(15)21)23-14-18-17-10(19(14)3)7-9-5-4-6-22-9/h4-6,8,11H,7H2,1-3H3,(H3,15,16,20,21). The quantitative estimate of drug-likeness (QED) is 0.771. The highest BCUT2D eigenvalue weighted by Gasteiger charge is 2.27. The van der Waals surface area contributed by atoms with E-state index in [4.69, 9.17) is 5.73 Å². The summed E-state index contributed by atoms with van der Waals surface area (Å²) in [7, 11) is 1.87. The highest BCUT2D eigenvalue weighted by Crippen LogP contribution is 2.27. The van der Waals surface area contributed by atoms with Gasteiger partial charge in [0.2, 0.25) is 5.91 Å². The molecule has 0 bridgehead atoms. The molecule has 0 spiro atoms. The third-order valence-corrected chi connectivity index (χ3v) is 5.64. The number of aromatic nitrogens is 3. The molecule has 2 rings (SSSR count). The lowest BCUT2D eigenvalue weighted by Gasteiger charge is -2.18. The Labute approximate surface area is 142 Å². The maximum absolute atomic E-state index is 12.1. The van der Waals surface area contributed by atoms with E-state index in [1.807, 2.05) is 43.0 Å². The van der Waals surface area contributed by atoms with Crippen LogP contribution in [0.4, 0.5) is 4.79 Å². The topological polar surface area (TPSA) is 103 Å². The smallest absolute Gasteiger partial charge is 0.318 e. The molecule has 0 aliphatic carbocycles. The van der Waals surface area contributed by atoms with Crippen molar-refractivity contribution in [1.82, 2.24) is 20.1 Å². The summed E-state index contributed by atoms with van der Waals surface area (Å²) in [5.74, 6) is 0.421. The van der Waals surface area contributed by atoms with Gasteiger partial charge in [-0.3, -0.25) is 10.1 Å². The van der Waals surface area contributed by atoms with Gasteiger partial charge in [0.25, 0.3) is 0 Å². The Morgan fingerprint density at radius 2 is 2.17 bits per heavy atom. The lowest BCUT2D eigenvalue weighted by Crippen LogP contribution is -2.42. The molecule has 2 aromatic heterocycles. The van der Waals surface area contributed by atoms with Gasteiger partial charge in [0.05, 0.1) is 5.25 Å². The van der Waals surface area contributed by atoms with Crippen molar-refractivity contribution >= 4 is 35.0 Å². The van der Waals surface area contributed by atoms with Gasteiger partial charge < -0.3 is 10.3 Å². The van der Waals surface area contributed by atoms with Crippen LogP contribution in [0.25, 0.3) is 0 Å². The van der Waals surface area contributed by atoms with Crippen LogP contribution in [0, 0.1) is 5.92 Å². The zero-order valence-corrected chi connectivity index (χ0v) is 14.8. The molecule has 9 heteroatoms. The fourth-order valence-electron chi connectivity index (χ4n) is 1.97. The van der Waals surface area contributed by atoms with E-state index in [0.717, 1.165) is 5.82 Å². The van der Waals surface area contributed by atoms with Gasteiger partial charge in [0, 0.05) is 18.3 Å². The number of carbonyl (C=O) groups is 2. The molecule has 0 radical (unpaired) electrons. The number of thiophene rings is 1. The van der Waals surface area contributed by atoms with E-state index in [1.54, 1.807) is 11.3 Å². The van der Waals surface area contributed by atoms with E-state index >= 15 is 0 Å². The van der Waals surface area contributed by atoms with Crippen molar-refractivity contribution in [3.63, 3.8) is 0 Å². The minimum Gasteiger partial charge on any atom is -0.351 e. The number of rotatable bonds is 6. The number of carbonyl (C=O) groups excluding carboxylic acids is 2. The van der Waals surface area contributed by atoms with Crippen LogP contribution in [0.1, 0.15) is 24.5 Å². The van der Waals surface area contributed by atoms with Crippen molar-refractivity contribution in [2.75, 3.05) is 0 Å². The highest BCUT2D eigenvalue weighted by atomic mass is 32.2. The molecule has 3 amide bonds. The maximum Gasteiger partial charge on any atom is 0.318 e. The fourth-order valence-corrected chi connectivity index (χ4v) is 3.69. The van der Waals surface area contributed by atoms with Crippen LogP contribution in [0.15, 0.2) is 22.7 Å². The van der Waals surface area contributed by atoms with Crippen molar-refractivity contribution in [3.05, 3.63) is 28.2 Å². The van der Waals surface area contributed by atoms with Crippen LogP contribution in [-0.2, 0) is 18.3 Å². The van der Waals surface area contributed by atoms with Gasteiger partial charge >= 0.3 is 6.03 Å². The third kappa shape index (κ3) is 4.55. The second kappa shape index (κ2) is 7.60. The normalized spacial score (nSPS) is 12.3. The van der Waals surface area contributed by atoms with Crippen LogP contribution in [-0.4, -0.2) is 32.0 Å². The third-order valence-electron chi connectivity index (χ3n) is 3.18. The Bertz CT molecular complexity index is 681. The van der Waals surface area contributed by atoms with Gasteiger partial charge in [0.15, 0.2) is 5.16 Å². The van der Waals surface area contributed by atoms with Gasteiger partial charge in [-0.1, -0.05) is 31.7 Å². The number of nitrogens with zero attached hydrogens (tertiary/aromatic N) is 3. The lowest BCUT2D eigenvalue weighted by molar-refractivity contribution is -0.120. The molecule has 2 heterocycles. The van der Waals surface area contributed by atoms with E-state index in [9.17, 15) is 9.59 Å². The molecule has 1 atom stereocenters. The maximum atomic E-state index is 12.1. The summed E-state index contributed by atoms with van der Waals surface area (Å²) >= 11 is 2.94. The SMILES string of the molecule is CC(C)C(Sc1nnc(Cc2cccs2)n1C)C(=O)NC(N)=O. The Hall–Kier alpha value is -1.87. The average molecular weight is 353 g/mol. The van der Waals surface area contributed by atoms with Crippen LogP contribution >= 0.6 is 23.1 Å². The Morgan fingerprint density at radius 1 is 1.43 bits per heavy atom. The number of primary amides is 1. The summed E-state index contributed by atoms with van der Waals surface area (Å²) in [6.07, 6.45) is 0.696. The second-order valence-electron chi connectivity index (χ2n) is 5.35. The molecule has 0 saturated carbocycles. The first-order valence-corrected chi connectivity index (χ1v) is 8.82. The van der Waals surface area contributed by atoms with Gasteiger partial charge in [-0.2, -0.15) is 0 Å². The molecular formula is C14H19N5O2S2. The van der Waals surface area contributed by atoms with Crippen molar-refractivity contribution in [1.29, 1.82) is 0 Å². The number of imide groups is 1. The number of hydrogen-bond donors (Lipinski definition) is 2. The zero-order valence-electron chi connectivity index (χ0n) is 13.1. The summed E-state index contributed by atoms with van der Waals surface area (Å²) in [6, 6.07) is 3.19. The van der Waals surface area contributed by atoms with Crippen LogP contribution in [0.3, 0.4) is 0 Å². The first-order chi connectivity index (χ1) is 10.9. The van der Waals surface area contributed by atoms with E-state index in [-0.39, 0.29) is 5.92 Å². The molecule has 1 unspecified atom stereocenters. The van der Waals surface area contributed by atoms with Gasteiger partial charge in [-0.25, -0.2) is 4.79 Å². The minimum atomic E-state index is -0.849. The van der Waals surface area contributed by atoms with E-state index in [2.05, 4.69) is 15.5 Å². The molecule has 0 fully saturated rings. The van der Waals surface area contributed by atoms with Crippen molar-refractivity contribution < 1.29 is 9.59 Å². The van der Waals surface area contributed by atoms with Crippen LogP contribution in [0.2, 0.25) is 0 Å². The Morgan fingerprint density at radius 3 is 2.74 bits per heavy atom. The number of thioether (sulfide) groups is 1. The molecule has 2 aromatic rings. The molecule has 0 aliphatic rings. The molecular weight excluding hydrogens is 334 g/mol. The summed E-state index contributed by atoms with van der Waals surface area (Å²) < 4.78 is 1.87. The molecule has 3 N–H and O–H groups in total. The highest BCUT2D eigenvalue weighted by molar-refractivity contribution is 8.00. The zero-order chi connectivity index (χ0) is 17.0. The van der Waals surface area contributed by atoms with Gasteiger partial charge in [0.1, 0.15) is 5.82 Å². The van der Waals surface area contributed by atoms with Crippen molar-refractivity contribution in [2.24, 2.45) is 18.7 Å². The average Bonchev–Trinajstić information content (AvgIpc) is 3.07. The Kier molecular flexibility index (Phi) is 5.78. The first kappa shape index (κ1) is 17.5. The van der Waals surface area contributed by atoms with Crippen molar-refractivity contribution in [3.8, 4) is 0 Å². The van der Waals surface area contributed by atoms with Gasteiger partial charge in [-0.05, 0) is 17.4 Å². The summed E-state index contributed by atoms with van der Waals surface area (Å²) in [4.78, 5) is 24.2. The largest absolute Gasteiger partial charge is 0.351 e. The summed E-state index contributed by atoms with van der Waals surface area (Å²) in [5.41, 5.74) is 5.02. The first-order valence-electron chi connectivity index (χ1n) is 7.06. The summed E-state index contributed by atoms with van der Waals surface area (Å²) in [6.45, 7) is 3.81. The molecule has 7 nitrogen and oxygen atoms in total. The lowest BCUT2D eigenvalue weighted by atomic mass is 10.1. The van der Waals surface area contributed by atoms with E-state index in [1.165, 1.54) is 16.6 Å². The number of amides is 3. The van der Waals surface area contributed by atoms with Crippen LogP contribution in [0.5, 0.6) is 0 Å². The molecule has 0 aromatic carbocycles. The molecule has 0 saturated heterocycles. The van der Waals surface area contributed by atoms with E-state index < -0.39 is 17.2 Å². The molecule has 124 valence electrons. The number of nitrogens with two attached hydrogens (primary N) is 1. The number of nitrogens with one attached hydrogen (secondary N) is 1. The van der Waals surface area contributed by atoms with Crippen molar-refractivity contribution in [2.45, 2.75) is 30.7 Å².